The van der Waals surface area contributed by atoms with E-state index in [1.165, 1.54) is 0 Å². The normalized spacial score (nSPS) is 13.4. The highest BCUT2D eigenvalue weighted by molar-refractivity contribution is 6.23. The molecular formula is C63H46N6. The molecule has 0 aliphatic carbocycles. The van der Waals surface area contributed by atoms with Gasteiger partial charge in [-0.15, -0.1) is 0 Å². The van der Waals surface area contributed by atoms with Gasteiger partial charge in [-0.3, -0.25) is 9.98 Å². The summed E-state index contributed by atoms with van der Waals surface area (Å²) in [6.45, 7) is 8.83. The number of pyridine rings is 1. The highest BCUT2D eigenvalue weighted by Gasteiger charge is 2.28. The van der Waals surface area contributed by atoms with Crippen molar-refractivity contribution in [3.63, 3.8) is 0 Å². The minimum Gasteiger partial charge on any atom is -0.258 e. The Hall–Kier alpha value is -9.00. The number of hydrogen-bond acceptors (Lipinski definition) is 6. The van der Waals surface area contributed by atoms with Gasteiger partial charge in [0.1, 0.15) is 6.04 Å². The Morgan fingerprint density at radius 3 is 1.43 bits per heavy atom. The van der Waals surface area contributed by atoms with E-state index in [2.05, 4.69) is 159 Å². The molecule has 0 unspecified atom stereocenters. The lowest BCUT2D eigenvalue weighted by molar-refractivity contribution is 0.874. The maximum atomic E-state index is 5.39. The van der Waals surface area contributed by atoms with Gasteiger partial charge in [0.2, 0.25) is 0 Å². The fraction of sp³-hybridized carbons (Fsp3) is 0.0476. The highest BCUT2D eigenvalue weighted by atomic mass is 15.0. The van der Waals surface area contributed by atoms with E-state index in [0.29, 0.717) is 23.3 Å². The molecule has 11 rings (SSSR count). The average molecular weight is 887 g/mol. The van der Waals surface area contributed by atoms with Crippen LogP contribution in [-0.2, 0) is 0 Å². The van der Waals surface area contributed by atoms with Gasteiger partial charge in [-0.25, -0.2) is 19.9 Å². The van der Waals surface area contributed by atoms with E-state index < -0.39 is 0 Å². The lowest BCUT2D eigenvalue weighted by atomic mass is 9.86. The Morgan fingerprint density at radius 2 is 0.812 bits per heavy atom. The summed E-state index contributed by atoms with van der Waals surface area (Å²) < 4.78 is 0. The van der Waals surface area contributed by atoms with Crippen molar-refractivity contribution in [1.29, 1.82) is 0 Å². The average Bonchev–Trinajstić information content (AvgIpc) is 3.42. The summed E-state index contributed by atoms with van der Waals surface area (Å²) in [7, 11) is 0. The minimum atomic E-state index is -0.332. The number of aryl methyl sites for hydroxylation is 2. The summed E-state index contributed by atoms with van der Waals surface area (Å²) in [6, 6.07) is 77.2. The number of hydrogen-bond donors (Lipinski definition) is 0. The van der Waals surface area contributed by atoms with Crippen molar-refractivity contribution in [2.45, 2.75) is 19.9 Å². The number of nitrogens with zero attached hydrogens (tertiary/aromatic N) is 6. The van der Waals surface area contributed by atoms with Crippen molar-refractivity contribution in [1.82, 2.24) is 19.9 Å². The Kier molecular flexibility index (Phi) is 11.6. The zero-order valence-corrected chi connectivity index (χ0v) is 38.3. The van der Waals surface area contributed by atoms with Crippen molar-refractivity contribution in [2.24, 2.45) is 9.98 Å². The molecule has 0 bridgehead atoms. The maximum Gasteiger partial charge on any atom is 0.164 e. The Labute approximate surface area is 402 Å². The fourth-order valence-electron chi connectivity index (χ4n) is 9.08. The predicted molar refractivity (Wildman–Crippen MR) is 283 cm³/mol. The zero-order valence-electron chi connectivity index (χ0n) is 38.3. The number of amidine groups is 1. The van der Waals surface area contributed by atoms with Gasteiger partial charge in [-0.2, -0.15) is 0 Å². The molecule has 2 aromatic heterocycles. The lowest BCUT2D eigenvalue weighted by Gasteiger charge is -2.25. The molecule has 10 aromatic rings. The molecule has 328 valence electrons. The van der Waals surface area contributed by atoms with Crippen molar-refractivity contribution in [3.8, 4) is 78.7 Å². The first-order valence-electron chi connectivity index (χ1n) is 23.2. The lowest BCUT2D eigenvalue weighted by Crippen LogP contribution is -2.20. The van der Waals surface area contributed by atoms with Crippen molar-refractivity contribution >= 4 is 11.5 Å². The summed E-state index contributed by atoms with van der Waals surface area (Å²) in [5.74, 6) is 2.50. The molecule has 6 nitrogen and oxygen atoms in total. The third-order valence-corrected chi connectivity index (χ3v) is 12.6. The SMILES string of the molecule is C=C1C(c2ccccc2-c2cc(-c3cccc(-c4nc(-c5ccccc5)nc(-c5ccccc5)n4)c3)cc(-c3ccc(C)nc3C)c2)=NC(c2ccc(-c3ccccc3)cc2)=N[C@@H]1c1ccccc1. The van der Waals surface area contributed by atoms with E-state index >= 15 is 0 Å². The Balaban J connectivity index is 1.05. The van der Waals surface area contributed by atoms with Crippen molar-refractivity contribution in [3.05, 3.63) is 265 Å². The van der Waals surface area contributed by atoms with E-state index in [1.807, 2.05) is 79.7 Å². The fourth-order valence-corrected chi connectivity index (χ4v) is 9.08. The molecule has 0 amide bonds. The second kappa shape index (κ2) is 18.7. The van der Waals surface area contributed by atoms with Crippen LogP contribution >= 0.6 is 0 Å². The summed E-state index contributed by atoms with van der Waals surface area (Å²) in [6.07, 6.45) is 0. The van der Waals surface area contributed by atoms with Gasteiger partial charge in [0.25, 0.3) is 0 Å². The first-order valence-corrected chi connectivity index (χ1v) is 23.2. The molecule has 6 heteroatoms. The molecule has 0 saturated heterocycles. The number of benzene rings is 8. The maximum absolute atomic E-state index is 5.39. The van der Waals surface area contributed by atoms with Crippen LogP contribution < -0.4 is 0 Å². The molecular weight excluding hydrogens is 841 g/mol. The van der Waals surface area contributed by atoms with Crippen LogP contribution in [0.25, 0.3) is 78.7 Å². The van der Waals surface area contributed by atoms with Crippen LogP contribution in [0.5, 0.6) is 0 Å². The van der Waals surface area contributed by atoms with E-state index in [9.17, 15) is 0 Å². The summed E-state index contributed by atoms with van der Waals surface area (Å²) in [5.41, 5.74) is 17.8. The quantitative estimate of drug-likeness (QED) is 0.137. The van der Waals surface area contributed by atoms with Gasteiger partial charge in [0.05, 0.1) is 5.71 Å². The highest BCUT2D eigenvalue weighted by Crippen LogP contribution is 2.40. The molecule has 0 fully saturated rings. The predicted octanol–water partition coefficient (Wildman–Crippen LogP) is 15.1. The molecule has 8 aromatic carbocycles. The molecule has 1 atom stereocenters. The molecule has 69 heavy (non-hydrogen) atoms. The molecule has 1 aliphatic rings. The first-order chi connectivity index (χ1) is 33.9. The van der Waals surface area contributed by atoms with Crippen molar-refractivity contribution < 1.29 is 0 Å². The van der Waals surface area contributed by atoms with Crippen LogP contribution in [0.3, 0.4) is 0 Å². The van der Waals surface area contributed by atoms with Gasteiger partial charge in [-0.1, -0.05) is 201 Å². The van der Waals surface area contributed by atoms with Crippen LogP contribution in [0.2, 0.25) is 0 Å². The largest absolute Gasteiger partial charge is 0.258 e. The standard InChI is InChI=1S/C63H46N6/c1-41-31-36-55(43(3)64-41)53-38-52(50-27-18-28-51(37-50)63-68-61(47-23-12-6-13-24-47)67-62(69-63)48-25-14-7-15-26-48)39-54(40-53)56-29-16-17-30-57(56)59-42(2)58(46-21-10-5-11-22-46)65-60(66-59)49-34-32-45(33-35-49)44-19-8-4-9-20-44/h4-40,58H,2H2,1,3H3/t58-/m0/s1. The third kappa shape index (κ3) is 8.87. The second-order valence-electron chi connectivity index (χ2n) is 17.2. The number of rotatable bonds is 10. The molecule has 0 N–H and O–H groups in total. The zero-order chi connectivity index (χ0) is 46.7. The number of aromatic nitrogens is 4. The van der Waals surface area contributed by atoms with Gasteiger partial charge in [-0.05, 0) is 88.7 Å². The molecule has 1 aliphatic heterocycles. The smallest absolute Gasteiger partial charge is 0.164 e. The van der Waals surface area contributed by atoms with Gasteiger partial charge in [0, 0.05) is 50.3 Å². The Morgan fingerprint density at radius 1 is 0.348 bits per heavy atom. The monoisotopic (exact) mass is 886 g/mol. The van der Waals surface area contributed by atoms with E-state index in [4.69, 9.17) is 36.5 Å². The number of aliphatic imine (C=N–C) groups is 2. The van der Waals surface area contributed by atoms with Gasteiger partial charge < -0.3 is 0 Å². The molecule has 0 radical (unpaired) electrons. The Bertz CT molecular complexity index is 3510. The van der Waals surface area contributed by atoms with Crippen molar-refractivity contribution in [2.75, 3.05) is 0 Å². The van der Waals surface area contributed by atoms with Gasteiger partial charge in [0.15, 0.2) is 23.3 Å². The van der Waals surface area contributed by atoms with Crippen LogP contribution in [-0.4, -0.2) is 31.5 Å². The molecule has 0 spiro atoms. The first kappa shape index (κ1) is 42.6. The van der Waals surface area contributed by atoms with Gasteiger partial charge >= 0.3 is 0 Å². The van der Waals surface area contributed by atoms with E-state index in [-0.39, 0.29) is 6.04 Å². The minimum absolute atomic E-state index is 0.332. The second-order valence-corrected chi connectivity index (χ2v) is 17.2. The van der Waals surface area contributed by atoms with E-state index in [0.717, 1.165) is 101 Å². The molecule has 0 saturated carbocycles. The van der Waals surface area contributed by atoms with Crippen LogP contribution in [0.4, 0.5) is 0 Å². The summed E-state index contributed by atoms with van der Waals surface area (Å²) in [4.78, 5) is 30.7. The van der Waals surface area contributed by atoms with Crippen LogP contribution in [0.1, 0.15) is 34.1 Å². The van der Waals surface area contributed by atoms with Crippen LogP contribution in [0, 0.1) is 13.8 Å². The molecule has 3 heterocycles. The van der Waals surface area contributed by atoms with E-state index in [1.54, 1.807) is 0 Å². The third-order valence-electron chi connectivity index (χ3n) is 12.6. The topological polar surface area (TPSA) is 76.3 Å². The summed E-state index contributed by atoms with van der Waals surface area (Å²) in [5, 5.41) is 0. The summed E-state index contributed by atoms with van der Waals surface area (Å²) >= 11 is 0. The van der Waals surface area contributed by atoms with Crippen LogP contribution in [0.15, 0.2) is 247 Å².